The smallest absolute Gasteiger partial charge is 0.266 e. The zero-order chi connectivity index (χ0) is 11.5. The maximum atomic E-state index is 11.6. The molecular weight excluding hydrogens is 208 g/mol. The Labute approximate surface area is 93.7 Å². The predicted molar refractivity (Wildman–Crippen MR) is 59.2 cm³/mol. The number of carbonyl (C=O) groups excluding carboxylic acids is 1. The third-order valence-electron chi connectivity index (χ3n) is 2.46. The van der Waals surface area contributed by atoms with E-state index in [2.05, 4.69) is 0 Å². The lowest BCUT2D eigenvalue weighted by Gasteiger charge is -2.28. The number of nitrogens with zero attached hydrogens (tertiary/aromatic N) is 1. The van der Waals surface area contributed by atoms with Crippen LogP contribution in [0, 0.1) is 0 Å². The first-order valence-electron chi connectivity index (χ1n) is 5.01. The summed E-state index contributed by atoms with van der Waals surface area (Å²) >= 11 is 0. The van der Waals surface area contributed by atoms with Crippen LogP contribution >= 0.6 is 0 Å². The van der Waals surface area contributed by atoms with E-state index >= 15 is 0 Å². The summed E-state index contributed by atoms with van der Waals surface area (Å²) in [4.78, 5) is 13.2. The van der Waals surface area contributed by atoms with Gasteiger partial charge in [-0.3, -0.25) is 9.69 Å². The lowest BCUT2D eigenvalue weighted by Crippen LogP contribution is -2.40. The lowest BCUT2D eigenvalue weighted by molar-refractivity contribution is -0.122. The van der Waals surface area contributed by atoms with E-state index in [0.29, 0.717) is 12.3 Å². The number of amides is 1. The summed E-state index contributed by atoms with van der Waals surface area (Å²) in [7, 11) is 1.55. The van der Waals surface area contributed by atoms with Gasteiger partial charge >= 0.3 is 0 Å². The molecule has 0 atom stereocenters. The van der Waals surface area contributed by atoms with Crippen molar-refractivity contribution >= 4 is 11.6 Å². The Morgan fingerprint density at radius 2 is 2.38 bits per heavy atom. The SMILES string of the molecule is COCN1C(=O)COc2ccc(CN)cc21. The van der Waals surface area contributed by atoms with Gasteiger partial charge in [0.15, 0.2) is 6.61 Å². The second kappa shape index (κ2) is 4.51. The summed E-state index contributed by atoms with van der Waals surface area (Å²) < 4.78 is 10.3. The van der Waals surface area contributed by atoms with Crippen LogP contribution in [0.4, 0.5) is 5.69 Å². The first-order valence-corrected chi connectivity index (χ1v) is 5.01. The molecule has 86 valence electrons. The number of benzene rings is 1. The highest BCUT2D eigenvalue weighted by Gasteiger charge is 2.25. The minimum atomic E-state index is -0.108. The Balaban J connectivity index is 2.39. The van der Waals surface area contributed by atoms with Gasteiger partial charge in [-0.25, -0.2) is 0 Å². The van der Waals surface area contributed by atoms with E-state index < -0.39 is 0 Å². The van der Waals surface area contributed by atoms with Gasteiger partial charge in [0.2, 0.25) is 0 Å². The van der Waals surface area contributed by atoms with Gasteiger partial charge < -0.3 is 15.2 Å². The fourth-order valence-corrected chi connectivity index (χ4v) is 1.65. The monoisotopic (exact) mass is 222 g/mol. The van der Waals surface area contributed by atoms with E-state index in [4.69, 9.17) is 15.2 Å². The van der Waals surface area contributed by atoms with Crippen LogP contribution in [-0.4, -0.2) is 26.4 Å². The third-order valence-corrected chi connectivity index (χ3v) is 2.46. The van der Waals surface area contributed by atoms with E-state index in [9.17, 15) is 4.79 Å². The molecule has 2 N–H and O–H groups in total. The second-order valence-corrected chi connectivity index (χ2v) is 3.53. The molecule has 0 saturated carbocycles. The van der Waals surface area contributed by atoms with Gasteiger partial charge in [-0.05, 0) is 17.7 Å². The zero-order valence-corrected chi connectivity index (χ0v) is 9.10. The molecule has 0 bridgehead atoms. The third kappa shape index (κ3) is 1.87. The average molecular weight is 222 g/mol. The normalized spacial score (nSPS) is 14.6. The van der Waals surface area contributed by atoms with Crippen molar-refractivity contribution < 1.29 is 14.3 Å². The number of ether oxygens (including phenoxy) is 2. The molecule has 1 aromatic rings. The molecule has 1 aromatic carbocycles. The van der Waals surface area contributed by atoms with Crippen LogP contribution in [-0.2, 0) is 16.1 Å². The lowest BCUT2D eigenvalue weighted by atomic mass is 10.1. The Bertz CT molecular complexity index is 406. The molecule has 0 aliphatic carbocycles. The summed E-state index contributed by atoms with van der Waals surface area (Å²) in [6.45, 7) is 0.712. The van der Waals surface area contributed by atoms with Crippen molar-refractivity contribution in [3.63, 3.8) is 0 Å². The molecule has 0 unspecified atom stereocenters. The maximum Gasteiger partial charge on any atom is 0.266 e. The van der Waals surface area contributed by atoms with Crippen LogP contribution in [0.3, 0.4) is 0 Å². The molecule has 1 aliphatic heterocycles. The summed E-state index contributed by atoms with van der Waals surface area (Å²) in [5.74, 6) is 0.581. The molecule has 16 heavy (non-hydrogen) atoms. The number of hydrogen-bond donors (Lipinski definition) is 1. The van der Waals surface area contributed by atoms with Crippen molar-refractivity contribution in [1.29, 1.82) is 0 Å². The number of carbonyl (C=O) groups is 1. The largest absolute Gasteiger partial charge is 0.482 e. The second-order valence-electron chi connectivity index (χ2n) is 3.53. The van der Waals surface area contributed by atoms with Crippen LogP contribution in [0.1, 0.15) is 5.56 Å². The number of rotatable bonds is 3. The Morgan fingerprint density at radius 3 is 3.06 bits per heavy atom. The van der Waals surface area contributed by atoms with Gasteiger partial charge in [0.25, 0.3) is 5.91 Å². The van der Waals surface area contributed by atoms with Crippen LogP contribution < -0.4 is 15.4 Å². The topological polar surface area (TPSA) is 64.8 Å². The van der Waals surface area contributed by atoms with E-state index in [-0.39, 0.29) is 19.2 Å². The standard InChI is InChI=1S/C11H14N2O3/c1-15-7-13-9-4-8(5-12)2-3-10(9)16-6-11(13)14/h2-4H,5-7,12H2,1H3. The number of fused-ring (bicyclic) bond motifs is 1. The van der Waals surface area contributed by atoms with E-state index in [1.807, 2.05) is 18.2 Å². The predicted octanol–water partition coefficient (Wildman–Crippen LogP) is 0.475. The van der Waals surface area contributed by atoms with Gasteiger partial charge in [-0.15, -0.1) is 0 Å². The molecule has 1 amide bonds. The molecule has 0 aromatic heterocycles. The molecule has 0 fully saturated rings. The minimum absolute atomic E-state index is 0.0539. The average Bonchev–Trinajstić information content (AvgIpc) is 2.32. The van der Waals surface area contributed by atoms with Crippen LogP contribution in [0.25, 0.3) is 0 Å². The molecule has 1 heterocycles. The minimum Gasteiger partial charge on any atom is -0.482 e. The summed E-state index contributed by atoms with van der Waals surface area (Å²) in [6.07, 6.45) is 0. The van der Waals surface area contributed by atoms with Crippen LogP contribution in [0.15, 0.2) is 18.2 Å². The van der Waals surface area contributed by atoms with E-state index in [1.165, 1.54) is 0 Å². The van der Waals surface area contributed by atoms with Gasteiger partial charge in [0, 0.05) is 13.7 Å². The quantitative estimate of drug-likeness (QED) is 0.807. The number of hydrogen-bond acceptors (Lipinski definition) is 4. The molecule has 0 radical (unpaired) electrons. The number of methoxy groups -OCH3 is 1. The number of nitrogens with two attached hydrogens (primary N) is 1. The summed E-state index contributed by atoms with van der Waals surface area (Å²) in [6, 6.07) is 5.57. The summed E-state index contributed by atoms with van der Waals surface area (Å²) in [5.41, 5.74) is 7.24. The fraction of sp³-hybridized carbons (Fsp3) is 0.364. The van der Waals surface area contributed by atoms with Gasteiger partial charge in [-0.1, -0.05) is 6.07 Å². The zero-order valence-electron chi connectivity index (χ0n) is 9.10. The van der Waals surface area contributed by atoms with Crippen molar-refractivity contribution in [3.8, 4) is 5.75 Å². The summed E-state index contributed by atoms with van der Waals surface area (Å²) in [5, 5.41) is 0. The highest BCUT2D eigenvalue weighted by Crippen LogP contribution is 2.32. The maximum absolute atomic E-state index is 11.6. The van der Waals surface area contributed by atoms with Gasteiger partial charge in [0.1, 0.15) is 12.5 Å². The molecule has 0 saturated heterocycles. The highest BCUT2D eigenvalue weighted by atomic mass is 16.5. The van der Waals surface area contributed by atoms with Gasteiger partial charge in [0.05, 0.1) is 5.69 Å². The van der Waals surface area contributed by atoms with E-state index in [1.54, 1.807) is 12.0 Å². The number of anilines is 1. The molecule has 1 aliphatic rings. The Kier molecular flexibility index (Phi) is 3.07. The first kappa shape index (κ1) is 10.9. The van der Waals surface area contributed by atoms with Crippen molar-refractivity contribution in [1.82, 2.24) is 0 Å². The molecule has 0 spiro atoms. The Hall–Kier alpha value is -1.59. The van der Waals surface area contributed by atoms with Crippen molar-refractivity contribution in [2.45, 2.75) is 6.54 Å². The van der Waals surface area contributed by atoms with Crippen molar-refractivity contribution in [3.05, 3.63) is 23.8 Å². The van der Waals surface area contributed by atoms with Gasteiger partial charge in [-0.2, -0.15) is 0 Å². The molecule has 5 nitrogen and oxygen atoms in total. The van der Waals surface area contributed by atoms with Crippen molar-refractivity contribution in [2.24, 2.45) is 5.73 Å². The van der Waals surface area contributed by atoms with E-state index in [0.717, 1.165) is 11.3 Å². The first-order chi connectivity index (χ1) is 7.76. The molecule has 2 rings (SSSR count). The fourth-order valence-electron chi connectivity index (χ4n) is 1.65. The van der Waals surface area contributed by atoms with Crippen molar-refractivity contribution in [2.75, 3.05) is 25.3 Å². The molecular formula is C11H14N2O3. The highest BCUT2D eigenvalue weighted by molar-refractivity contribution is 5.97. The molecule has 5 heteroatoms. The van der Waals surface area contributed by atoms with Crippen LogP contribution in [0.5, 0.6) is 5.75 Å². The Morgan fingerprint density at radius 1 is 1.56 bits per heavy atom. The van der Waals surface area contributed by atoms with Crippen LogP contribution in [0.2, 0.25) is 0 Å².